The highest BCUT2D eigenvalue weighted by Gasteiger charge is 2.60. The molecule has 1 fully saturated rings. The van der Waals surface area contributed by atoms with Crippen LogP contribution in [0.2, 0.25) is 0 Å². The predicted molar refractivity (Wildman–Crippen MR) is 108 cm³/mol. The van der Waals surface area contributed by atoms with Gasteiger partial charge in [-0.3, -0.25) is 0 Å². The number of hydrogen-bond donors (Lipinski definition) is 2. The van der Waals surface area contributed by atoms with E-state index in [1.165, 1.54) is 12.7 Å². The van der Waals surface area contributed by atoms with Crippen molar-refractivity contribution in [1.29, 1.82) is 0 Å². The number of esters is 1. The van der Waals surface area contributed by atoms with Gasteiger partial charge in [0.05, 0.1) is 37.6 Å². The number of ether oxygens (including phenoxy) is 2. The van der Waals surface area contributed by atoms with E-state index in [1.807, 2.05) is 6.92 Å². The Labute approximate surface area is 173 Å². The maximum absolute atomic E-state index is 12.8. The van der Waals surface area contributed by atoms with E-state index < -0.39 is 35.4 Å². The second-order valence-corrected chi connectivity index (χ2v) is 9.37. The van der Waals surface area contributed by atoms with Gasteiger partial charge in [0.1, 0.15) is 0 Å². The van der Waals surface area contributed by atoms with Crippen LogP contribution >= 0.6 is 0 Å². The van der Waals surface area contributed by atoms with Gasteiger partial charge in [0.25, 0.3) is 0 Å². The molecule has 2 N–H and O–H groups in total. The first kappa shape index (κ1) is 22.4. The van der Waals surface area contributed by atoms with Crippen LogP contribution in [0.5, 0.6) is 0 Å². The molecule has 0 saturated carbocycles. The van der Waals surface area contributed by atoms with Crippen LogP contribution in [0.25, 0.3) is 0 Å². The molecule has 3 rings (SSSR count). The van der Waals surface area contributed by atoms with Crippen LogP contribution in [0.3, 0.4) is 0 Å². The quantitative estimate of drug-likeness (QED) is 0.540. The molecule has 3 heterocycles. The minimum absolute atomic E-state index is 0.00721. The Kier molecular flexibility index (Phi) is 6.81. The van der Waals surface area contributed by atoms with Crippen molar-refractivity contribution in [3.05, 3.63) is 11.6 Å². The molecule has 164 valence electrons. The zero-order valence-corrected chi connectivity index (χ0v) is 18.1. The van der Waals surface area contributed by atoms with E-state index >= 15 is 0 Å². The number of carbonyl (C=O) groups excluding carboxylic acids is 1. The number of rotatable bonds is 2. The Hall–Kier alpha value is -1.31. The van der Waals surface area contributed by atoms with Crippen molar-refractivity contribution in [2.45, 2.75) is 95.2 Å². The number of azo groups is 1. The van der Waals surface area contributed by atoms with Crippen LogP contribution in [0.4, 0.5) is 0 Å². The van der Waals surface area contributed by atoms with Gasteiger partial charge < -0.3 is 19.7 Å². The molecule has 1 saturated heterocycles. The molecular formula is C22H36N2O5. The summed E-state index contributed by atoms with van der Waals surface area (Å²) in [5.41, 5.74) is -0.881. The summed E-state index contributed by atoms with van der Waals surface area (Å²) in [5.74, 6) is -0.805. The van der Waals surface area contributed by atoms with Crippen LogP contribution < -0.4 is 0 Å². The molecule has 29 heavy (non-hydrogen) atoms. The van der Waals surface area contributed by atoms with Gasteiger partial charge in [-0.05, 0) is 58.3 Å². The highest BCUT2D eigenvalue weighted by Crippen LogP contribution is 2.47. The monoisotopic (exact) mass is 408 g/mol. The second-order valence-electron chi connectivity index (χ2n) is 9.37. The summed E-state index contributed by atoms with van der Waals surface area (Å²) >= 11 is 0. The molecule has 3 aliphatic rings. The molecule has 0 aromatic carbocycles. The fourth-order valence-corrected chi connectivity index (χ4v) is 5.14. The van der Waals surface area contributed by atoms with Crippen LogP contribution in [0.1, 0.15) is 65.7 Å². The Balaban J connectivity index is 1.96. The minimum Gasteiger partial charge on any atom is -0.467 e. The van der Waals surface area contributed by atoms with Gasteiger partial charge >= 0.3 is 5.97 Å². The lowest BCUT2D eigenvalue weighted by Crippen LogP contribution is -2.51. The molecule has 7 heteroatoms. The van der Waals surface area contributed by atoms with Crippen molar-refractivity contribution in [3.63, 3.8) is 0 Å². The van der Waals surface area contributed by atoms with Crippen LogP contribution in [-0.2, 0) is 14.3 Å². The highest BCUT2D eigenvalue weighted by molar-refractivity contribution is 5.82. The largest absolute Gasteiger partial charge is 0.467 e. The van der Waals surface area contributed by atoms with Crippen molar-refractivity contribution < 1.29 is 24.5 Å². The summed E-state index contributed by atoms with van der Waals surface area (Å²) in [4.78, 5) is 12.8. The summed E-state index contributed by atoms with van der Waals surface area (Å²) in [6.45, 7) is 6.39. The molecule has 0 aromatic rings. The molecule has 1 unspecified atom stereocenters. The van der Waals surface area contributed by atoms with Crippen LogP contribution in [0.15, 0.2) is 21.9 Å². The van der Waals surface area contributed by atoms with E-state index in [4.69, 9.17) is 9.47 Å². The smallest absolute Gasteiger partial charge is 0.336 e. The zero-order valence-electron chi connectivity index (χ0n) is 18.1. The fourth-order valence-electron chi connectivity index (χ4n) is 5.14. The lowest BCUT2D eigenvalue weighted by molar-refractivity contribution is -0.154. The van der Waals surface area contributed by atoms with Crippen LogP contribution in [0, 0.1) is 11.8 Å². The number of allylic oxidation sites excluding steroid dienone is 2. The highest BCUT2D eigenvalue weighted by atomic mass is 16.5. The van der Waals surface area contributed by atoms with Crippen molar-refractivity contribution in [1.82, 2.24) is 0 Å². The molecule has 2 bridgehead atoms. The van der Waals surface area contributed by atoms with Crippen molar-refractivity contribution in [2.24, 2.45) is 22.1 Å². The summed E-state index contributed by atoms with van der Waals surface area (Å²) < 4.78 is 11.4. The van der Waals surface area contributed by atoms with Crippen molar-refractivity contribution >= 4 is 5.97 Å². The average Bonchev–Trinajstić information content (AvgIpc) is 3.34. The summed E-state index contributed by atoms with van der Waals surface area (Å²) in [6, 6.07) is 0. The van der Waals surface area contributed by atoms with Gasteiger partial charge in [-0.1, -0.05) is 18.6 Å². The molecule has 0 spiro atoms. The molecule has 7 nitrogen and oxygen atoms in total. The number of carbonyl (C=O) groups is 1. The molecule has 0 aliphatic carbocycles. The fraction of sp³-hybridized carbons (Fsp3) is 0.864. The topological polar surface area (TPSA) is 101 Å². The Morgan fingerprint density at radius 3 is 2.79 bits per heavy atom. The first-order valence-corrected chi connectivity index (χ1v) is 10.9. The van der Waals surface area contributed by atoms with Gasteiger partial charge in [-0.2, -0.15) is 10.2 Å². The average molecular weight is 409 g/mol. The minimum atomic E-state index is -1.14. The normalized spacial score (nSPS) is 45.6. The molecule has 0 amide bonds. The Morgan fingerprint density at radius 2 is 2.14 bits per heavy atom. The van der Waals surface area contributed by atoms with E-state index in [2.05, 4.69) is 23.2 Å². The molecule has 0 aromatic heterocycles. The van der Waals surface area contributed by atoms with Crippen molar-refractivity contribution in [3.8, 4) is 0 Å². The molecular weight excluding hydrogens is 372 g/mol. The van der Waals surface area contributed by atoms with E-state index in [1.54, 1.807) is 6.92 Å². The van der Waals surface area contributed by atoms with E-state index in [0.717, 1.165) is 25.7 Å². The first-order valence-electron chi connectivity index (χ1n) is 10.9. The third-order valence-corrected chi connectivity index (χ3v) is 7.17. The maximum Gasteiger partial charge on any atom is 0.336 e. The van der Waals surface area contributed by atoms with Crippen molar-refractivity contribution in [2.75, 3.05) is 13.7 Å². The SMILES string of the molecule is COC(=O)C1([C@@H]2C[C@@H]3O[C@H]2[C@H](O)[C@@H](C)CCC/C(C)=C/CC[C@@]3(C)O)CCN=N1. The van der Waals surface area contributed by atoms with Gasteiger partial charge in [0.15, 0.2) is 5.54 Å². The van der Waals surface area contributed by atoms with Gasteiger partial charge in [0.2, 0.25) is 0 Å². The van der Waals surface area contributed by atoms with E-state index in [0.29, 0.717) is 25.8 Å². The zero-order chi connectivity index (χ0) is 21.2. The summed E-state index contributed by atoms with van der Waals surface area (Å²) in [7, 11) is 1.36. The second kappa shape index (κ2) is 8.82. The van der Waals surface area contributed by atoms with Gasteiger partial charge in [-0.15, -0.1) is 0 Å². The Morgan fingerprint density at radius 1 is 1.38 bits per heavy atom. The molecule has 0 radical (unpaired) electrons. The van der Waals surface area contributed by atoms with E-state index in [-0.39, 0.29) is 11.8 Å². The number of aliphatic hydroxyl groups is 2. The van der Waals surface area contributed by atoms with Crippen LogP contribution in [-0.4, -0.2) is 59.3 Å². The third-order valence-electron chi connectivity index (χ3n) is 7.17. The standard InChI is InChI=1S/C22H36N2O5/c1-14-7-5-9-15(2)18(25)19-16(22(20(26)28-4)11-12-23-24-22)13-17(29-19)21(3,27)10-6-8-14/h8,15-19,25,27H,5-7,9-13H2,1-4H3/b14-8+/t15-,16+,17-,18+,19+,21+,22?/m0/s1. The number of aliphatic hydroxyl groups excluding tert-OH is 1. The number of hydrogen-bond acceptors (Lipinski definition) is 7. The summed E-state index contributed by atoms with van der Waals surface area (Å²) in [6.07, 6.45) is 5.44. The number of fused-ring (bicyclic) bond motifs is 2. The van der Waals surface area contributed by atoms with Gasteiger partial charge in [0, 0.05) is 12.3 Å². The van der Waals surface area contributed by atoms with E-state index in [9.17, 15) is 15.0 Å². The third kappa shape index (κ3) is 4.42. The lowest BCUT2D eigenvalue weighted by Gasteiger charge is -2.35. The predicted octanol–water partition coefficient (Wildman–Crippen LogP) is 3.19. The number of nitrogens with zero attached hydrogens (tertiary/aromatic N) is 2. The maximum atomic E-state index is 12.8. The first-order chi connectivity index (χ1) is 13.7. The Bertz CT molecular complexity index is 662. The molecule has 7 atom stereocenters. The van der Waals surface area contributed by atoms with Gasteiger partial charge in [-0.25, -0.2) is 4.79 Å². The molecule has 3 aliphatic heterocycles. The number of methoxy groups -OCH3 is 1. The lowest BCUT2D eigenvalue weighted by atomic mass is 9.73. The summed E-state index contributed by atoms with van der Waals surface area (Å²) in [5, 5.41) is 30.8.